The molecule has 106 valence electrons. The number of aryl methyl sites for hydroxylation is 1. The highest BCUT2D eigenvalue weighted by Crippen LogP contribution is 2.34. The molecule has 0 bridgehead atoms. The van der Waals surface area contributed by atoms with E-state index in [0.717, 1.165) is 48.4 Å². The van der Waals surface area contributed by atoms with Crippen LogP contribution in [-0.2, 0) is 11.2 Å². The Morgan fingerprint density at radius 2 is 2.15 bits per heavy atom. The third kappa shape index (κ3) is 2.27. The second-order valence-electron chi connectivity index (χ2n) is 4.91. The van der Waals surface area contributed by atoms with Crippen LogP contribution in [0.4, 0.5) is 5.69 Å². The predicted molar refractivity (Wildman–Crippen MR) is 82.8 cm³/mol. The molecule has 0 aliphatic carbocycles. The highest BCUT2D eigenvalue weighted by Gasteiger charge is 2.17. The summed E-state index contributed by atoms with van der Waals surface area (Å²) in [6.07, 6.45) is 0.829. The lowest BCUT2D eigenvalue weighted by Crippen LogP contribution is -2.36. The van der Waals surface area contributed by atoms with E-state index in [1.54, 1.807) is 0 Å². The fourth-order valence-electron chi connectivity index (χ4n) is 2.71. The van der Waals surface area contributed by atoms with Crippen molar-refractivity contribution in [1.29, 1.82) is 0 Å². The second-order valence-corrected chi connectivity index (χ2v) is 5.96. The average Bonchev–Trinajstić information content (AvgIpc) is 2.86. The van der Waals surface area contributed by atoms with Gasteiger partial charge in [-0.2, -0.15) is 0 Å². The van der Waals surface area contributed by atoms with Crippen molar-refractivity contribution in [1.82, 2.24) is 0 Å². The Hall–Kier alpha value is -1.59. The van der Waals surface area contributed by atoms with E-state index in [-0.39, 0.29) is 5.91 Å². The normalized spacial score (nSPS) is 15.8. The molecule has 1 fully saturated rings. The highest BCUT2D eigenvalue weighted by molar-refractivity contribution is 7.21. The minimum Gasteiger partial charge on any atom is -0.378 e. The highest BCUT2D eigenvalue weighted by atomic mass is 32.1. The van der Waals surface area contributed by atoms with Gasteiger partial charge < -0.3 is 15.4 Å². The van der Waals surface area contributed by atoms with Crippen LogP contribution in [0.15, 0.2) is 18.2 Å². The van der Waals surface area contributed by atoms with Crippen molar-refractivity contribution in [2.24, 2.45) is 5.73 Å². The van der Waals surface area contributed by atoms with Crippen LogP contribution in [0.1, 0.15) is 22.2 Å². The fourth-order valence-corrected chi connectivity index (χ4v) is 3.89. The molecule has 0 saturated carbocycles. The summed E-state index contributed by atoms with van der Waals surface area (Å²) in [4.78, 5) is 14.6. The van der Waals surface area contributed by atoms with Crippen LogP contribution in [0.25, 0.3) is 10.1 Å². The van der Waals surface area contributed by atoms with Crippen molar-refractivity contribution in [2.45, 2.75) is 13.3 Å². The first-order valence-corrected chi connectivity index (χ1v) is 7.70. The number of benzene rings is 1. The van der Waals surface area contributed by atoms with Crippen LogP contribution in [0.2, 0.25) is 0 Å². The van der Waals surface area contributed by atoms with Crippen LogP contribution < -0.4 is 10.6 Å². The van der Waals surface area contributed by atoms with Gasteiger partial charge in [0.15, 0.2) is 0 Å². The molecule has 0 spiro atoms. The number of nitrogens with zero attached hydrogens (tertiary/aromatic N) is 1. The molecule has 2 N–H and O–H groups in total. The number of fused-ring (bicyclic) bond motifs is 1. The molecule has 1 amide bonds. The fraction of sp³-hybridized carbons (Fsp3) is 0.400. The standard InChI is InChI=1S/C15H18N2O2S/c1-2-11-12-4-3-10(17-5-7-19-8-6-17)9-13(12)20-14(11)15(16)18/h3-4,9H,2,5-8H2,1H3,(H2,16,18). The summed E-state index contributed by atoms with van der Waals surface area (Å²) in [5, 5.41) is 1.16. The van der Waals surface area contributed by atoms with Gasteiger partial charge in [-0.25, -0.2) is 0 Å². The molecule has 1 aliphatic rings. The Kier molecular flexibility index (Phi) is 3.63. The lowest BCUT2D eigenvalue weighted by molar-refractivity contribution is 0.100. The Balaban J connectivity index is 2.04. The summed E-state index contributed by atoms with van der Waals surface area (Å²) >= 11 is 1.50. The van der Waals surface area contributed by atoms with E-state index in [1.165, 1.54) is 17.0 Å². The molecule has 1 saturated heterocycles. The van der Waals surface area contributed by atoms with Gasteiger partial charge in [0.2, 0.25) is 0 Å². The Bertz CT molecular complexity index is 645. The van der Waals surface area contributed by atoms with Gasteiger partial charge in [-0.3, -0.25) is 4.79 Å². The zero-order valence-electron chi connectivity index (χ0n) is 11.5. The van der Waals surface area contributed by atoms with Gasteiger partial charge in [-0.05, 0) is 29.5 Å². The molecule has 2 heterocycles. The lowest BCUT2D eigenvalue weighted by Gasteiger charge is -2.28. The number of nitrogens with two attached hydrogens (primary N) is 1. The molecule has 3 rings (SSSR count). The molecule has 0 radical (unpaired) electrons. The van der Waals surface area contributed by atoms with Gasteiger partial charge in [0.25, 0.3) is 5.91 Å². The van der Waals surface area contributed by atoms with Crippen molar-refractivity contribution in [3.8, 4) is 0 Å². The first-order valence-electron chi connectivity index (χ1n) is 6.88. The molecule has 0 atom stereocenters. The summed E-state index contributed by atoms with van der Waals surface area (Å²) in [6, 6.07) is 6.41. The van der Waals surface area contributed by atoms with Crippen LogP contribution >= 0.6 is 11.3 Å². The van der Waals surface area contributed by atoms with Crippen molar-refractivity contribution in [3.63, 3.8) is 0 Å². The third-order valence-corrected chi connectivity index (χ3v) is 4.94. The summed E-state index contributed by atoms with van der Waals surface area (Å²) < 4.78 is 6.52. The number of thiophene rings is 1. The molecule has 0 unspecified atom stereocenters. The number of carbonyl (C=O) groups is 1. The van der Waals surface area contributed by atoms with Crippen LogP contribution in [0.5, 0.6) is 0 Å². The molecule has 1 aromatic heterocycles. The van der Waals surface area contributed by atoms with E-state index in [1.807, 2.05) is 0 Å². The molecule has 2 aromatic rings. The first-order chi connectivity index (χ1) is 9.70. The van der Waals surface area contributed by atoms with Gasteiger partial charge in [-0.1, -0.05) is 13.0 Å². The van der Waals surface area contributed by atoms with E-state index in [0.29, 0.717) is 4.88 Å². The maximum atomic E-state index is 11.5. The van der Waals surface area contributed by atoms with Gasteiger partial charge in [0.1, 0.15) is 0 Å². The molecule has 20 heavy (non-hydrogen) atoms. The zero-order chi connectivity index (χ0) is 14.1. The SMILES string of the molecule is CCc1c(C(N)=O)sc2cc(N3CCOCC3)ccc12. The topological polar surface area (TPSA) is 55.6 Å². The number of hydrogen-bond donors (Lipinski definition) is 1. The third-order valence-electron chi connectivity index (χ3n) is 3.73. The second kappa shape index (κ2) is 5.42. The summed E-state index contributed by atoms with van der Waals surface area (Å²) in [6.45, 7) is 5.44. The van der Waals surface area contributed by atoms with E-state index < -0.39 is 0 Å². The number of hydrogen-bond acceptors (Lipinski definition) is 4. The quantitative estimate of drug-likeness (QED) is 0.944. The summed E-state index contributed by atoms with van der Waals surface area (Å²) in [5.41, 5.74) is 7.75. The van der Waals surface area contributed by atoms with Crippen molar-refractivity contribution in [3.05, 3.63) is 28.6 Å². The molecular weight excluding hydrogens is 272 g/mol. The van der Waals surface area contributed by atoms with Crippen molar-refractivity contribution in [2.75, 3.05) is 31.2 Å². The maximum absolute atomic E-state index is 11.5. The number of amides is 1. The van der Waals surface area contributed by atoms with Crippen LogP contribution in [-0.4, -0.2) is 32.2 Å². The van der Waals surface area contributed by atoms with Crippen LogP contribution in [0, 0.1) is 0 Å². The van der Waals surface area contributed by atoms with E-state index in [4.69, 9.17) is 10.5 Å². The molecule has 5 heteroatoms. The Morgan fingerprint density at radius 1 is 1.40 bits per heavy atom. The number of anilines is 1. The predicted octanol–water partition coefficient (Wildman–Crippen LogP) is 2.40. The summed E-state index contributed by atoms with van der Waals surface area (Å²) in [7, 11) is 0. The maximum Gasteiger partial charge on any atom is 0.259 e. The van der Waals surface area contributed by atoms with Crippen LogP contribution in [0.3, 0.4) is 0 Å². The molecule has 4 nitrogen and oxygen atoms in total. The van der Waals surface area contributed by atoms with Gasteiger partial charge in [0, 0.05) is 23.5 Å². The van der Waals surface area contributed by atoms with E-state index in [2.05, 4.69) is 30.0 Å². The smallest absolute Gasteiger partial charge is 0.259 e. The largest absolute Gasteiger partial charge is 0.378 e. The van der Waals surface area contributed by atoms with E-state index >= 15 is 0 Å². The number of carbonyl (C=O) groups excluding carboxylic acids is 1. The van der Waals surface area contributed by atoms with Gasteiger partial charge in [-0.15, -0.1) is 11.3 Å². The number of rotatable bonds is 3. The summed E-state index contributed by atoms with van der Waals surface area (Å²) in [5.74, 6) is -0.323. The first kappa shape index (κ1) is 13.4. The molecule has 1 aliphatic heterocycles. The number of primary amides is 1. The van der Waals surface area contributed by atoms with Crippen molar-refractivity contribution < 1.29 is 9.53 Å². The minimum atomic E-state index is -0.323. The number of morpholine rings is 1. The average molecular weight is 290 g/mol. The minimum absolute atomic E-state index is 0.323. The van der Waals surface area contributed by atoms with Crippen molar-refractivity contribution >= 4 is 33.0 Å². The monoisotopic (exact) mass is 290 g/mol. The zero-order valence-corrected chi connectivity index (χ0v) is 12.3. The molecular formula is C15H18N2O2S. The van der Waals surface area contributed by atoms with Gasteiger partial charge >= 0.3 is 0 Å². The van der Waals surface area contributed by atoms with Gasteiger partial charge in [0.05, 0.1) is 18.1 Å². The van der Waals surface area contributed by atoms with E-state index in [9.17, 15) is 4.79 Å². The molecule has 1 aromatic carbocycles. The Labute approximate surface area is 122 Å². The Morgan fingerprint density at radius 3 is 2.80 bits per heavy atom. The lowest BCUT2D eigenvalue weighted by atomic mass is 10.1. The number of ether oxygens (including phenoxy) is 1.